The maximum Gasteiger partial charge on any atom is 0.407 e. The molecule has 3 aromatic rings. The van der Waals surface area contributed by atoms with Crippen molar-refractivity contribution in [2.24, 2.45) is 0 Å². The molecule has 0 saturated heterocycles. The van der Waals surface area contributed by atoms with Gasteiger partial charge in [0.1, 0.15) is 12.4 Å². The zero-order valence-corrected chi connectivity index (χ0v) is 18.8. The molecule has 1 aliphatic rings. The Kier molecular flexibility index (Phi) is 7.42. The molecule has 3 N–H and O–H groups in total. The van der Waals surface area contributed by atoms with Crippen molar-refractivity contribution in [1.82, 2.24) is 5.32 Å². The Morgan fingerprint density at radius 2 is 1.51 bits per heavy atom. The van der Waals surface area contributed by atoms with Crippen LogP contribution in [0.3, 0.4) is 0 Å². The number of aliphatic carboxylic acids is 1. The molecule has 0 aliphatic heterocycles. The maximum atomic E-state index is 12.2. The molecule has 8 heteroatoms. The van der Waals surface area contributed by atoms with E-state index in [1.807, 2.05) is 24.3 Å². The first-order valence-corrected chi connectivity index (χ1v) is 11.0. The smallest absolute Gasteiger partial charge is 0.407 e. The van der Waals surface area contributed by atoms with E-state index in [4.69, 9.17) is 14.6 Å². The Labute approximate surface area is 202 Å². The molecule has 0 saturated carbocycles. The van der Waals surface area contributed by atoms with Gasteiger partial charge in [0.25, 0.3) is 0 Å². The summed E-state index contributed by atoms with van der Waals surface area (Å²) in [6.45, 7) is -0.0899. The summed E-state index contributed by atoms with van der Waals surface area (Å²) < 4.78 is 10.5. The standard InChI is InChI=1S/C27H24N2O6/c30-25(29-18-11-13-19(14-12-18)34-17-26(31)32)10-5-15-28-27(33)35-16-24-22-8-3-1-6-20(22)21-7-2-4-9-23(21)24/h1-14,24H,15-17H2,(H,28,33)(H,29,30)(H,31,32)/b10-5+. The van der Waals surface area contributed by atoms with Crippen molar-refractivity contribution < 1.29 is 29.0 Å². The van der Waals surface area contributed by atoms with Crippen molar-refractivity contribution in [1.29, 1.82) is 0 Å². The summed E-state index contributed by atoms with van der Waals surface area (Å²) in [6.07, 6.45) is 2.26. The molecular weight excluding hydrogens is 448 g/mol. The van der Waals surface area contributed by atoms with Crippen LogP contribution in [0.15, 0.2) is 84.9 Å². The molecule has 8 nitrogen and oxygen atoms in total. The van der Waals surface area contributed by atoms with Crippen molar-refractivity contribution in [2.45, 2.75) is 5.92 Å². The fourth-order valence-corrected chi connectivity index (χ4v) is 3.92. The van der Waals surface area contributed by atoms with E-state index >= 15 is 0 Å². The number of amides is 2. The second-order valence-corrected chi connectivity index (χ2v) is 7.80. The van der Waals surface area contributed by atoms with E-state index in [1.165, 1.54) is 12.2 Å². The average molecular weight is 472 g/mol. The number of rotatable bonds is 9. The number of carboxylic acid groups (broad SMARTS) is 1. The Hall–Kier alpha value is -4.59. The van der Waals surface area contributed by atoms with E-state index in [9.17, 15) is 14.4 Å². The van der Waals surface area contributed by atoms with Crippen molar-refractivity contribution in [3.05, 3.63) is 96.1 Å². The zero-order chi connectivity index (χ0) is 24.6. The highest BCUT2D eigenvalue weighted by Crippen LogP contribution is 2.44. The van der Waals surface area contributed by atoms with Gasteiger partial charge in [0.2, 0.25) is 5.91 Å². The van der Waals surface area contributed by atoms with Gasteiger partial charge in [-0.2, -0.15) is 0 Å². The van der Waals surface area contributed by atoms with Crippen LogP contribution >= 0.6 is 0 Å². The van der Waals surface area contributed by atoms with Crippen molar-refractivity contribution in [3.8, 4) is 16.9 Å². The molecular formula is C27H24N2O6. The Balaban J connectivity index is 1.21. The number of anilines is 1. The number of hydrogen-bond donors (Lipinski definition) is 3. The first kappa shape index (κ1) is 23.6. The lowest BCUT2D eigenvalue weighted by atomic mass is 9.98. The highest BCUT2D eigenvalue weighted by molar-refractivity contribution is 5.99. The Bertz CT molecular complexity index is 1210. The van der Waals surface area contributed by atoms with Crippen LogP contribution < -0.4 is 15.4 Å². The molecule has 0 aromatic heterocycles. The third kappa shape index (κ3) is 6.05. The third-order valence-electron chi connectivity index (χ3n) is 5.46. The number of benzene rings is 3. The molecule has 2 amide bonds. The number of fused-ring (bicyclic) bond motifs is 3. The largest absolute Gasteiger partial charge is 0.482 e. The lowest BCUT2D eigenvalue weighted by Crippen LogP contribution is -2.26. The monoisotopic (exact) mass is 472 g/mol. The first-order chi connectivity index (χ1) is 17.0. The van der Waals surface area contributed by atoms with E-state index in [-0.39, 0.29) is 25.0 Å². The number of ether oxygens (including phenoxy) is 2. The summed E-state index contributed by atoms with van der Waals surface area (Å²) >= 11 is 0. The van der Waals surface area contributed by atoms with Crippen LogP contribution in [0.5, 0.6) is 5.75 Å². The fourth-order valence-electron chi connectivity index (χ4n) is 3.92. The van der Waals surface area contributed by atoms with Crippen molar-refractivity contribution in [3.63, 3.8) is 0 Å². The lowest BCUT2D eigenvalue weighted by Gasteiger charge is -2.14. The van der Waals surface area contributed by atoms with Gasteiger partial charge in [0.05, 0.1) is 0 Å². The molecule has 0 radical (unpaired) electrons. The highest BCUT2D eigenvalue weighted by Gasteiger charge is 2.28. The SMILES string of the molecule is O=C(O)COc1ccc(NC(=O)/C=C/CNC(=O)OCC2c3ccccc3-c3ccccc32)cc1. The van der Waals surface area contributed by atoms with Gasteiger partial charge in [0.15, 0.2) is 6.61 Å². The number of carboxylic acids is 1. The van der Waals surface area contributed by atoms with Crippen LogP contribution in [0.1, 0.15) is 17.0 Å². The minimum Gasteiger partial charge on any atom is -0.482 e. The van der Waals surface area contributed by atoms with E-state index in [0.717, 1.165) is 22.3 Å². The topological polar surface area (TPSA) is 114 Å². The Morgan fingerprint density at radius 3 is 2.14 bits per heavy atom. The molecule has 3 aromatic carbocycles. The van der Waals surface area contributed by atoms with Gasteiger partial charge >= 0.3 is 12.1 Å². The lowest BCUT2D eigenvalue weighted by molar-refractivity contribution is -0.139. The van der Waals surface area contributed by atoms with Gasteiger partial charge in [-0.1, -0.05) is 54.6 Å². The van der Waals surface area contributed by atoms with Gasteiger partial charge < -0.3 is 25.2 Å². The van der Waals surface area contributed by atoms with E-state index < -0.39 is 18.7 Å². The summed E-state index contributed by atoms with van der Waals surface area (Å²) in [5, 5.41) is 13.9. The quantitative estimate of drug-likeness (QED) is 0.403. The van der Waals surface area contributed by atoms with Crippen LogP contribution in [0.2, 0.25) is 0 Å². The van der Waals surface area contributed by atoms with Crippen LogP contribution in [0.4, 0.5) is 10.5 Å². The zero-order valence-electron chi connectivity index (χ0n) is 18.8. The van der Waals surface area contributed by atoms with Gasteiger partial charge in [-0.15, -0.1) is 0 Å². The number of alkyl carbamates (subject to hydrolysis) is 1. The van der Waals surface area contributed by atoms with Crippen molar-refractivity contribution in [2.75, 3.05) is 25.1 Å². The molecule has 0 unspecified atom stereocenters. The Morgan fingerprint density at radius 1 is 0.886 bits per heavy atom. The van der Waals surface area contributed by atoms with E-state index in [0.29, 0.717) is 11.4 Å². The number of nitrogens with one attached hydrogen (secondary N) is 2. The molecule has 0 fully saturated rings. The molecule has 1 aliphatic carbocycles. The highest BCUT2D eigenvalue weighted by atomic mass is 16.5. The maximum absolute atomic E-state index is 12.2. The van der Waals surface area contributed by atoms with Gasteiger partial charge in [-0.25, -0.2) is 9.59 Å². The summed E-state index contributed by atoms with van der Waals surface area (Å²) in [4.78, 5) is 34.7. The fraction of sp³-hybridized carbons (Fsp3) is 0.148. The van der Waals surface area contributed by atoms with Crippen molar-refractivity contribution >= 4 is 23.7 Å². The van der Waals surface area contributed by atoms with E-state index in [1.54, 1.807) is 24.3 Å². The molecule has 0 atom stereocenters. The van der Waals surface area contributed by atoms with Crippen LogP contribution in [-0.2, 0) is 14.3 Å². The molecule has 0 spiro atoms. The summed E-state index contributed by atoms with van der Waals surface area (Å²) in [5.41, 5.74) is 5.12. The molecule has 4 rings (SSSR count). The molecule has 35 heavy (non-hydrogen) atoms. The predicted octanol–water partition coefficient (Wildman–Crippen LogP) is 4.18. The van der Waals surface area contributed by atoms with Crippen LogP contribution in [0, 0.1) is 0 Å². The predicted molar refractivity (Wildman–Crippen MR) is 130 cm³/mol. The number of hydrogen-bond acceptors (Lipinski definition) is 5. The average Bonchev–Trinajstić information content (AvgIpc) is 3.18. The second-order valence-electron chi connectivity index (χ2n) is 7.80. The van der Waals surface area contributed by atoms with Crippen LogP contribution in [-0.4, -0.2) is 42.8 Å². The molecule has 178 valence electrons. The third-order valence-corrected chi connectivity index (χ3v) is 5.46. The second kappa shape index (κ2) is 11.0. The minimum atomic E-state index is -1.07. The normalized spacial score (nSPS) is 12.0. The number of carbonyl (C=O) groups excluding carboxylic acids is 2. The molecule has 0 bridgehead atoms. The molecule has 0 heterocycles. The van der Waals surface area contributed by atoms with Crippen LogP contribution in [0.25, 0.3) is 11.1 Å². The summed E-state index contributed by atoms with van der Waals surface area (Å²) in [6, 6.07) is 22.5. The number of carbonyl (C=O) groups is 3. The minimum absolute atomic E-state index is 0.0182. The van der Waals surface area contributed by atoms with E-state index in [2.05, 4.69) is 34.9 Å². The summed E-state index contributed by atoms with van der Waals surface area (Å²) in [5.74, 6) is -1.08. The van der Waals surface area contributed by atoms with Gasteiger partial charge in [0, 0.05) is 24.2 Å². The summed E-state index contributed by atoms with van der Waals surface area (Å²) in [7, 11) is 0. The first-order valence-electron chi connectivity index (χ1n) is 11.0. The van der Waals surface area contributed by atoms with Gasteiger partial charge in [-0.05, 0) is 46.5 Å². The van der Waals surface area contributed by atoms with Gasteiger partial charge in [-0.3, -0.25) is 4.79 Å².